The number of hydrogen-bond acceptors (Lipinski definition) is 6. The van der Waals surface area contributed by atoms with Crippen molar-refractivity contribution >= 4 is 11.8 Å². The summed E-state index contributed by atoms with van der Waals surface area (Å²) in [6.45, 7) is 3.41. The number of Topliss-reactive ketones (excluding diaryl/α,β-unsaturated/α-hetero) is 1. The summed E-state index contributed by atoms with van der Waals surface area (Å²) in [4.78, 5) is 24.3. The summed E-state index contributed by atoms with van der Waals surface area (Å²) < 4.78 is 20.9. The summed E-state index contributed by atoms with van der Waals surface area (Å²) in [5, 5.41) is 0. The third-order valence-electron chi connectivity index (χ3n) is 3.96. The normalized spacial score (nSPS) is 10.4. The molecule has 0 saturated carbocycles. The maximum atomic E-state index is 12.4. The first-order valence-corrected chi connectivity index (χ1v) is 8.58. The van der Waals surface area contributed by atoms with Crippen molar-refractivity contribution < 1.29 is 28.5 Å². The molecule has 0 amide bonds. The lowest BCUT2D eigenvalue weighted by molar-refractivity contribution is -0.144. The number of ether oxygens (including phenoxy) is 4. The van der Waals surface area contributed by atoms with Gasteiger partial charge in [-0.1, -0.05) is 32.0 Å². The molecular weight excluding hydrogens is 348 g/mol. The third kappa shape index (κ3) is 5.48. The Bertz CT molecular complexity index is 797. The van der Waals surface area contributed by atoms with E-state index in [9.17, 15) is 9.59 Å². The summed E-state index contributed by atoms with van der Waals surface area (Å²) in [6.07, 6.45) is 0. The number of methoxy groups -OCH3 is 2. The molecule has 0 aliphatic heterocycles. The van der Waals surface area contributed by atoms with E-state index in [1.165, 1.54) is 14.2 Å². The molecule has 0 aromatic heterocycles. The van der Waals surface area contributed by atoms with Crippen LogP contribution in [0.2, 0.25) is 0 Å². The molecule has 0 aliphatic carbocycles. The van der Waals surface area contributed by atoms with Crippen LogP contribution >= 0.6 is 0 Å². The molecule has 27 heavy (non-hydrogen) atoms. The smallest absolute Gasteiger partial charge is 0.344 e. The fourth-order valence-corrected chi connectivity index (χ4v) is 2.52. The second-order valence-electron chi connectivity index (χ2n) is 6.13. The maximum Gasteiger partial charge on any atom is 0.344 e. The first-order valence-electron chi connectivity index (χ1n) is 8.58. The number of benzene rings is 2. The van der Waals surface area contributed by atoms with Crippen LogP contribution in [0, 0.1) is 0 Å². The van der Waals surface area contributed by atoms with Gasteiger partial charge in [0, 0.05) is 0 Å². The molecule has 0 spiro atoms. The number of para-hydroxylation sites is 1. The van der Waals surface area contributed by atoms with E-state index in [4.69, 9.17) is 18.9 Å². The summed E-state index contributed by atoms with van der Waals surface area (Å²) in [5.74, 6) is 0.785. The molecule has 0 aliphatic rings. The highest BCUT2D eigenvalue weighted by atomic mass is 16.6. The van der Waals surface area contributed by atoms with E-state index in [0.717, 1.165) is 5.56 Å². The van der Waals surface area contributed by atoms with Crippen molar-refractivity contribution in [1.29, 1.82) is 0 Å². The fourth-order valence-electron chi connectivity index (χ4n) is 2.52. The van der Waals surface area contributed by atoms with Gasteiger partial charge in [0.2, 0.25) is 5.78 Å². The SMILES string of the molecule is COc1ccc(OC)c(C(=O)COC(=O)COc2ccccc2C(C)C)c1. The Morgan fingerprint density at radius 2 is 1.67 bits per heavy atom. The molecule has 0 atom stereocenters. The van der Waals surface area contributed by atoms with E-state index in [0.29, 0.717) is 17.2 Å². The lowest BCUT2D eigenvalue weighted by atomic mass is 10.0. The average molecular weight is 372 g/mol. The Morgan fingerprint density at radius 1 is 0.926 bits per heavy atom. The van der Waals surface area contributed by atoms with Crippen LogP contribution in [0.15, 0.2) is 42.5 Å². The molecule has 0 N–H and O–H groups in total. The van der Waals surface area contributed by atoms with Crippen molar-refractivity contribution in [1.82, 2.24) is 0 Å². The Kier molecular flexibility index (Phi) is 7.23. The van der Waals surface area contributed by atoms with Crippen LogP contribution in [0.1, 0.15) is 35.7 Å². The molecule has 6 nitrogen and oxygen atoms in total. The van der Waals surface area contributed by atoms with E-state index >= 15 is 0 Å². The molecular formula is C21H24O6. The van der Waals surface area contributed by atoms with Crippen molar-refractivity contribution in [3.05, 3.63) is 53.6 Å². The molecule has 2 rings (SSSR count). The van der Waals surface area contributed by atoms with Gasteiger partial charge in [0.1, 0.15) is 17.2 Å². The monoisotopic (exact) mass is 372 g/mol. The average Bonchev–Trinajstić information content (AvgIpc) is 2.69. The van der Waals surface area contributed by atoms with Gasteiger partial charge in [-0.05, 0) is 35.7 Å². The Hall–Kier alpha value is -3.02. The van der Waals surface area contributed by atoms with E-state index in [-0.39, 0.29) is 23.9 Å². The molecule has 0 radical (unpaired) electrons. The van der Waals surface area contributed by atoms with Gasteiger partial charge in [0.05, 0.1) is 19.8 Å². The predicted octanol–water partition coefficient (Wildman–Crippen LogP) is 3.63. The zero-order valence-electron chi connectivity index (χ0n) is 16.0. The number of esters is 1. The van der Waals surface area contributed by atoms with Crippen molar-refractivity contribution in [2.75, 3.05) is 27.4 Å². The highest BCUT2D eigenvalue weighted by Gasteiger charge is 2.16. The number of carbonyl (C=O) groups excluding carboxylic acids is 2. The molecule has 0 saturated heterocycles. The van der Waals surface area contributed by atoms with Gasteiger partial charge in [0.25, 0.3) is 0 Å². The van der Waals surface area contributed by atoms with Crippen LogP contribution in [0.4, 0.5) is 0 Å². The highest BCUT2D eigenvalue weighted by Crippen LogP contribution is 2.26. The van der Waals surface area contributed by atoms with Gasteiger partial charge >= 0.3 is 5.97 Å². The van der Waals surface area contributed by atoms with E-state index in [1.807, 2.05) is 32.0 Å². The van der Waals surface area contributed by atoms with E-state index < -0.39 is 12.6 Å². The molecule has 0 heterocycles. The molecule has 0 unspecified atom stereocenters. The van der Waals surface area contributed by atoms with Crippen LogP contribution in [0.5, 0.6) is 17.2 Å². The van der Waals surface area contributed by atoms with Crippen LogP contribution in [0.25, 0.3) is 0 Å². The summed E-state index contributed by atoms with van der Waals surface area (Å²) in [5.41, 5.74) is 1.29. The lowest BCUT2D eigenvalue weighted by Gasteiger charge is -2.13. The number of ketones is 1. The molecule has 0 bridgehead atoms. The fraction of sp³-hybridized carbons (Fsp3) is 0.333. The molecule has 2 aromatic carbocycles. The van der Waals surface area contributed by atoms with Gasteiger partial charge in [-0.25, -0.2) is 4.79 Å². The largest absolute Gasteiger partial charge is 0.497 e. The van der Waals surface area contributed by atoms with Crippen molar-refractivity contribution in [3.8, 4) is 17.2 Å². The zero-order valence-corrected chi connectivity index (χ0v) is 16.0. The van der Waals surface area contributed by atoms with Crippen LogP contribution < -0.4 is 14.2 Å². The van der Waals surface area contributed by atoms with Crippen molar-refractivity contribution in [2.24, 2.45) is 0 Å². The number of carbonyl (C=O) groups is 2. The minimum Gasteiger partial charge on any atom is -0.497 e. The third-order valence-corrected chi connectivity index (χ3v) is 3.96. The minimum atomic E-state index is -0.622. The Balaban J connectivity index is 1.93. The lowest BCUT2D eigenvalue weighted by Crippen LogP contribution is -2.20. The van der Waals surface area contributed by atoms with Crippen molar-refractivity contribution in [3.63, 3.8) is 0 Å². The van der Waals surface area contributed by atoms with Gasteiger partial charge in [-0.15, -0.1) is 0 Å². The first kappa shape index (κ1) is 20.3. The summed E-state index contributed by atoms with van der Waals surface area (Å²) in [7, 11) is 2.97. The Morgan fingerprint density at radius 3 is 2.33 bits per heavy atom. The van der Waals surface area contributed by atoms with Gasteiger partial charge in [-0.3, -0.25) is 4.79 Å². The van der Waals surface area contributed by atoms with Crippen LogP contribution in [-0.2, 0) is 9.53 Å². The van der Waals surface area contributed by atoms with E-state index in [2.05, 4.69) is 0 Å². The highest BCUT2D eigenvalue weighted by molar-refractivity contribution is 6.00. The van der Waals surface area contributed by atoms with Crippen LogP contribution in [-0.4, -0.2) is 39.2 Å². The van der Waals surface area contributed by atoms with Gasteiger partial charge in [0.15, 0.2) is 13.2 Å². The summed E-state index contributed by atoms with van der Waals surface area (Å²) >= 11 is 0. The number of hydrogen-bond donors (Lipinski definition) is 0. The van der Waals surface area contributed by atoms with Crippen LogP contribution in [0.3, 0.4) is 0 Å². The van der Waals surface area contributed by atoms with Gasteiger partial charge < -0.3 is 18.9 Å². The molecule has 144 valence electrons. The molecule has 0 fully saturated rings. The molecule has 6 heteroatoms. The zero-order chi connectivity index (χ0) is 19.8. The second kappa shape index (κ2) is 9.62. The summed E-state index contributed by atoms with van der Waals surface area (Å²) in [6, 6.07) is 12.4. The quantitative estimate of drug-likeness (QED) is 0.494. The second-order valence-corrected chi connectivity index (χ2v) is 6.13. The first-order chi connectivity index (χ1) is 13.0. The standard InChI is InChI=1S/C21H24O6/c1-14(2)16-7-5-6-8-20(16)26-13-21(23)27-12-18(22)17-11-15(24-3)9-10-19(17)25-4/h5-11,14H,12-13H2,1-4H3. The van der Waals surface area contributed by atoms with Crippen molar-refractivity contribution in [2.45, 2.75) is 19.8 Å². The molecule has 2 aromatic rings. The predicted molar refractivity (Wildman–Crippen MR) is 101 cm³/mol. The Labute approximate surface area is 159 Å². The number of rotatable bonds is 9. The van der Waals surface area contributed by atoms with E-state index in [1.54, 1.807) is 24.3 Å². The van der Waals surface area contributed by atoms with Gasteiger partial charge in [-0.2, -0.15) is 0 Å². The maximum absolute atomic E-state index is 12.4. The topological polar surface area (TPSA) is 71.1 Å². The minimum absolute atomic E-state index is 0.263.